The number of para-hydroxylation sites is 1. The summed E-state index contributed by atoms with van der Waals surface area (Å²) in [5, 5.41) is 11.7. The zero-order chi connectivity index (χ0) is 18.1. The van der Waals surface area contributed by atoms with E-state index in [0.717, 1.165) is 60.4 Å². The molecule has 2 aromatic heterocycles. The maximum absolute atomic E-state index is 12.9. The van der Waals surface area contributed by atoms with E-state index in [-0.39, 0.29) is 5.91 Å². The Labute approximate surface area is 152 Å². The molecule has 1 aromatic carbocycles. The number of aryl methyl sites for hydroxylation is 2. The molecular formula is C20H22N4O2. The molecule has 4 rings (SSSR count). The van der Waals surface area contributed by atoms with E-state index in [4.69, 9.17) is 4.52 Å². The van der Waals surface area contributed by atoms with E-state index in [2.05, 4.69) is 22.5 Å². The SMILES string of the molecule is CCc1nn(-c2ccccc2)c(NC(=O)c2noc3c2CCCC3)c1C. The minimum absolute atomic E-state index is 0.236. The number of hydrogen-bond acceptors (Lipinski definition) is 4. The van der Waals surface area contributed by atoms with Crippen molar-refractivity contribution in [3.63, 3.8) is 0 Å². The van der Waals surface area contributed by atoms with Gasteiger partial charge < -0.3 is 9.84 Å². The highest BCUT2D eigenvalue weighted by Crippen LogP contribution is 2.27. The fraction of sp³-hybridized carbons (Fsp3) is 0.350. The molecule has 26 heavy (non-hydrogen) atoms. The van der Waals surface area contributed by atoms with Gasteiger partial charge >= 0.3 is 0 Å². The topological polar surface area (TPSA) is 73.0 Å². The Kier molecular flexibility index (Phi) is 4.32. The molecule has 0 atom stereocenters. The van der Waals surface area contributed by atoms with Gasteiger partial charge in [0.05, 0.1) is 11.4 Å². The van der Waals surface area contributed by atoms with Gasteiger partial charge in [0.25, 0.3) is 5.91 Å². The Morgan fingerprint density at radius 2 is 2.00 bits per heavy atom. The van der Waals surface area contributed by atoms with Crippen LogP contribution in [0.15, 0.2) is 34.9 Å². The van der Waals surface area contributed by atoms with Crippen molar-refractivity contribution in [2.45, 2.75) is 46.0 Å². The summed E-state index contributed by atoms with van der Waals surface area (Å²) in [6.07, 6.45) is 4.65. The van der Waals surface area contributed by atoms with Crippen LogP contribution in [-0.2, 0) is 19.3 Å². The van der Waals surface area contributed by atoms with Gasteiger partial charge in [-0.1, -0.05) is 30.3 Å². The summed E-state index contributed by atoms with van der Waals surface area (Å²) < 4.78 is 7.17. The lowest BCUT2D eigenvalue weighted by Crippen LogP contribution is -2.18. The summed E-state index contributed by atoms with van der Waals surface area (Å²) in [7, 11) is 0. The Hall–Kier alpha value is -2.89. The Morgan fingerprint density at radius 1 is 1.23 bits per heavy atom. The highest BCUT2D eigenvalue weighted by atomic mass is 16.5. The first kappa shape index (κ1) is 16.6. The first-order chi connectivity index (χ1) is 12.7. The number of carbonyl (C=O) groups is 1. The van der Waals surface area contributed by atoms with Crippen LogP contribution in [0.4, 0.5) is 5.82 Å². The number of rotatable bonds is 4. The maximum atomic E-state index is 12.9. The van der Waals surface area contributed by atoms with Gasteiger partial charge in [0.2, 0.25) is 0 Å². The number of nitrogens with zero attached hydrogens (tertiary/aromatic N) is 3. The number of benzene rings is 1. The fourth-order valence-electron chi connectivity index (χ4n) is 3.51. The minimum Gasteiger partial charge on any atom is -0.360 e. The van der Waals surface area contributed by atoms with Crippen molar-refractivity contribution in [3.05, 3.63) is 58.6 Å². The molecule has 0 saturated carbocycles. The Morgan fingerprint density at radius 3 is 2.77 bits per heavy atom. The number of amides is 1. The molecule has 0 saturated heterocycles. The van der Waals surface area contributed by atoms with Crippen LogP contribution in [0.3, 0.4) is 0 Å². The molecule has 6 heteroatoms. The molecule has 0 radical (unpaired) electrons. The van der Waals surface area contributed by atoms with Crippen molar-refractivity contribution in [3.8, 4) is 5.69 Å². The summed E-state index contributed by atoms with van der Waals surface area (Å²) in [5.41, 5.74) is 4.20. The monoisotopic (exact) mass is 350 g/mol. The molecule has 134 valence electrons. The zero-order valence-electron chi connectivity index (χ0n) is 15.1. The van der Waals surface area contributed by atoms with Gasteiger partial charge in [-0.2, -0.15) is 5.10 Å². The van der Waals surface area contributed by atoms with Gasteiger partial charge in [-0.15, -0.1) is 0 Å². The second-order valence-corrected chi connectivity index (χ2v) is 6.62. The van der Waals surface area contributed by atoms with Gasteiger partial charge in [-0.3, -0.25) is 4.79 Å². The summed E-state index contributed by atoms with van der Waals surface area (Å²) >= 11 is 0. The fourth-order valence-corrected chi connectivity index (χ4v) is 3.51. The highest BCUT2D eigenvalue weighted by molar-refractivity contribution is 6.04. The minimum atomic E-state index is -0.236. The highest BCUT2D eigenvalue weighted by Gasteiger charge is 2.26. The van der Waals surface area contributed by atoms with E-state index in [1.165, 1.54) is 0 Å². The van der Waals surface area contributed by atoms with Gasteiger partial charge in [-0.05, 0) is 44.7 Å². The van der Waals surface area contributed by atoms with Crippen LogP contribution in [0, 0.1) is 6.92 Å². The maximum Gasteiger partial charge on any atom is 0.279 e. The van der Waals surface area contributed by atoms with Crippen molar-refractivity contribution in [2.24, 2.45) is 0 Å². The van der Waals surface area contributed by atoms with Crippen molar-refractivity contribution in [1.82, 2.24) is 14.9 Å². The molecule has 3 aromatic rings. The first-order valence-electron chi connectivity index (χ1n) is 9.11. The van der Waals surface area contributed by atoms with Crippen molar-refractivity contribution in [2.75, 3.05) is 5.32 Å². The van der Waals surface area contributed by atoms with Crippen LogP contribution in [0.5, 0.6) is 0 Å². The molecule has 2 heterocycles. The molecule has 6 nitrogen and oxygen atoms in total. The number of fused-ring (bicyclic) bond motifs is 1. The van der Waals surface area contributed by atoms with E-state index in [9.17, 15) is 4.79 Å². The summed E-state index contributed by atoms with van der Waals surface area (Å²) in [4.78, 5) is 12.9. The summed E-state index contributed by atoms with van der Waals surface area (Å²) in [6, 6.07) is 9.81. The van der Waals surface area contributed by atoms with E-state index in [1.54, 1.807) is 4.68 Å². The van der Waals surface area contributed by atoms with E-state index < -0.39 is 0 Å². The molecule has 0 fully saturated rings. The standard InChI is InChI=1S/C20H22N4O2/c1-3-16-13(2)19(24(22-16)14-9-5-4-6-10-14)21-20(25)18-15-11-7-8-12-17(15)26-23-18/h4-6,9-10H,3,7-8,11-12H2,1-2H3,(H,21,25). The van der Waals surface area contributed by atoms with Crippen LogP contribution >= 0.6 is 0 Å². The number of aromatic nitrogens is 3. The van der Waals surface area contributed by atoms with E-state index >= 15 is 0 Å². The normalized spacial score (nSPS) is 13.5. The quantitative estimate of drug-likeness (QED) is 0.775. The number of hydrogen-bond donors (Lipinski definition) is 1. The summed E-state index contributed by atoms with van der Waals surface area (Å²) in [5.74, 6) is 1.30. The van der Waals surface area contributed by atoms with E-state index in [0.29, 0.717) is 11.5 Å². The molecule has 1 aliphatic rings. The third-order valence-electron chi connectivity index (χ3n) is 4.95. The lowest BCUT2D eigenvalue weighted by atomic mass is 9.96. The number of anilines is 1. The molecule has 1 N–H and O–H groups in total. The predicted molar refractivity (Wildman–Crippen MR) is 98.8 cm³/mol. The predicted octanol–water partition coefficient (Wildman–Crippen LogP) is 3.86. The van der Waals surface area contributed by atoms with Crippen LogP contribution in [-0.4, -0.2) is 20.8 Å². The molecule has 0 bridgehead atoms. The van der Waals surface area contributed by atoms with E-state index in [1.807, 2.05) is 37.3 Å². The number of nitrogens with one attached hydrogen (secondary N) is 1. The largest absolute Gasteiger partial charge is 0.360 e. The van der Waals surface area contributed by atoms with Crippen molar-refractivity contribution >= 4 is 11.7 Å². The third-order valence-corrected chi connectivity index (χ3v) is 4.95. The molecule has 0 aliphatic heterocycles. The lowest BCUT2D eigenvalue weighted by molar-refractivity contribution is 0.101. The zero-order valence-corrected chi connectivity index (χ0v) is 15.1. The van der Waals surface area contributed by atoms with Crippen LogP contribution in [0.1, 0.15) is 52.8 Å². The molecule has 0 spiro atoms. The average molecular weight is 350 g/mol. The Balaban J connectivity index is 1.71. The molecule has 1 amide bonds. The Bertz CT molecular complexity index is 940. The second-order valence-electron chi connectivity index (χ2n) is 6.62. The number of carbonyl (C=O) groups excluding carboxylic acids is 1. The molecule has 0 unspecified atom stereocenters. The van der Waals surface area contributed by atoms with Crippen molar-refractivity contribution in [1.29, 1.82) is 0 Å². The average Bonchev–Trinajstić information content (AvgIpc) is 3.24. The molecular weight excluding hydrogens is 328 g/mol. The van der Waals surface area contributed by atoms with Crippen LogP contribution in [0.25, 0.3) is 5.69 Å². The van der Waals surface area contributed by atoms with Crippen molar-refractivity contribution < 1.29 is 9.32 Å². The van der Waals surface area contributed by atoms with Gasteiger partial charge in [0.15, 0.2) is 5.69 Å². The third kappa shape index (κ3) is 2.81. The lowest BCUT2D eigenvalue weighted by Gasteiger charge is -2.11. The van der Waals surface area contributed by atoms with Gasteiger partial charge in [-0.25, -0.2) is 4.68 Å². The van der Waals surface area contributed by atoms with Crippen LogP contribution < -0.4 is 5.32 Å². The second kappa shape index (κ2) is 6.78. The van der Waals surface area contributed by atoms with Gasteiger partial charge in [0, 0.05) is 17.5 Å². The van der Waals surface area contributed by atoms with Gasteiger partial charge in [0.1, 0.15) is 11.6 Å². The smallest absolute Gasteiger partial charge is 0.279 e. The first-order valence-corrected chi connectivity index (χ1v) is 9.11. The summed E-state index contributed by atoms with van der Waals surface area (Å²) in [6.45, 7) is 4.05. The molecule has 1 aliphatic carbocycles. The van der Waals surface area contributed by atoms with Crippen LogP contribution in [0.2, 0.25) is 0 Å².